The van der Waals surface area contributed by atoms with Crippen LogP contribution in [0.5, 0.6) is 0 Å². The summed E-state index contributed by atoms with van der Waals surface area (Å²) in [6.45, 7) is 4.57. The third-order valence-electron chi connectivity index (χ3n) is 6.40. The maximum Gasteiger partial charge on any atom is 0.414 e. The van der Waals surface area contributed by atoms with Gasteiger partial charge in [-0.15, -0.1) is 0 Å². The number of rotatable bonds is 6. The van der Waals surface area contributed by atoms with E-state index >= 15 is 0 Å². The zero-order chi connectivity index (χ0) is 24.2. The number of carbonyl (C=O) groups is 1. The van der Waals surface area contributed by atoms with E-state index < -0.39 is 6.09 Å². The molecule has 0 spiro atoms. The molecule has 2 heterocycles. The lowest BCUT2D eigenvalue weighted by atomic mass is 9.78. The summed E-state index contributed by atoms with van der Waals surface area (Å²) in [6, 6.07) is 13.9. The summed E-state index contributed by atoms with van der Waals surface area (Å²) in [5.41, 5.74) is 5.06. The Balaban J connectivity index is 1.26. The molecule has 1 atom stereocenters. The lowest BCUT2D eigenvalue weighted by Gasteiger charge is -2.27. The summed E-state index contributed by atoms with van der Waals surface area (Å²) in [7, 11) is 0. The molecule has 5 rings (SSSR count). The molecule has 182 valence electrons. The number of halogens is 2. The maximum absolute atomic E-state index is 12.3. The highest BCUT2D eigenvalue weighted by molar-refractivity contribution is 6.42. The van der Waals surface area contributed by atoms with Crippen LogP contribution in [0.4, 0.5) is 10.7 Å². The topological polar surface area (TPSA) is 76.6 Å². The molecule has 9 heteroatoms. The van der Waals surface area contributed by atoms with Gasteiger partial charge in [-0.1, -0.05) is 53.5 Å². The molecule has 1 aliphatic heterocycles. The Bertz CT molecular complexity index is 1220. The summed E-state index contributed by atoms with van der Waals surface area (Å²) >= 11 is 12.4. The minimum atomic E-state index is -0.551. The number of carbonyl (C=O) groups excluding carboxylic acids is 1. The molecule has 0 bridgehead atoms. The lowest BCUT2D eigenvalue weighted by Crippen LogP contribution is -2.37. The fraction of sp³-hybridized carbons (Fsp3) is 0.346. The van der Waals surface area contributed by atoms with Gasteiger partial charge in [-0.2, -0.15) is 0 Å². The van der Waals surface area contributed by atoms with Gasteiger partial charge in [0.2, 0.25) is 5.95 Å². The molecule has 1 aromatic heterocycles. The Kier molecular flexibility index (Phi) is 7.48. The highest BCUT2D eigenvalue weighted by Gasteiger charge is 2.28. The molecule has 35 heavy (non-hydrogen) atoms. The highest BCUT2D eigenvalue weighted by Crippen LogP contribution is 2.42. The largest absolute Gasteiger partial charge is 0.449 e. The molecule has 1 N–H and O–H groups in total. The second kappa shape index (κ2) is 10.9. The third-order valence-corrected chi connectivity index (χ3v) is 7.13. The molecule has 1 aliphatic carbocycles. The number of hydrogen-bond acceptors (Lipinski definition) is 6. The van der Waals surface area contributed by atoms with Crippen molar-refractivity contribution in [1.82, 2.24) is 14.9 Å². The number of anilines is 1. The monoisotopic (exact) mass is 512 g/mol. The Morgan fingerprint density at radius 2 is 1.97 bits per heavy atom. The summed E-state index contributed by atoms with van der Waals surface area (Å²) in [4.78, 5) is 23.6. The van der Waals surface area contributed by atoms with Gasteiger partial charge in [-0.25, -0.2) is 14.8 Å². The van der Waals surface area contributed by atoms with E-state index in [1.807, 2.05) is 36.4 Å². The van der Waals surface area contributed by atoms with Crippen LogP contribution in [-0.4, -0.2) is 60.4 Å². The van der Waals surface area contributed by atoms with E-state index in [-0.39, 0.29) is 11.9 Å². The summed E-state index contributed by atoms with van der Waals surface area (Å²) < 4.78 is 10.7. The molecule has 2 aromatic carbocycles. The quantitative estimate of drug-likeness (QED) is 0.445. The SMILES string of the molecule is O=C(Nc1ncc2c(n1)-c1ccccc1[C@H](c1ccc(Cl)c(Cl)c1)C2)OCCCN1CCOCC1. The van der Waals surface area contributed by atoms with Crippen LogP contribution in [0.3, 0.4) is 0 Å². The summed E-state index contributed by atoms with van der Waals surface area (Å²) in [5.74, 6) is 0.331. The number of benzene rings is 2. The molecule has 0 saturated carbocycles. The first-order valence-corrected chi connectivity index (χ1v) is 12.5. The fourth-order valence-electron chi connectivity index (χ4n) is 4.63. The van der Waals surface area contributed by atoms with Gasteiger partial charge in [0, 0.05) is 37.3 Å². The normalized spacial score (nSPS) is 17.4. The van der Waals surface area contributed by atoms with E-state index in [1.165, 1.54) is 0 Å². The van der Waals surface area contributed by atoms with Gasteiger partial charge in [-0.3, -0.25) is 10.2 Å². The number of aromatic nitrogens is 2. The maximum atomic E-state index is 12.3. The van der Waals surface area contributed by atoms with Crippen molar-refractivity contribution >= 4 is 35.2 Å². The van der Waals surface area contributed by atoms with E-state index in [0.29, 0.717) is 16.7 Å². The molecule has 2 aliphatic rings. The number of nitrogens with one attached hydrogen (secondary N) is 1. The number of morpholine rings is 1. The summed E-state index contributed by atoms with van der Waals surface area (Å²) in [6.07, 6.45) is 2.71. The van der Waals surface area contributed by atoms with Crippen molar-refractivity contribution in [3.05, 3.63) is 75.4 Å². The average molecular weight is 513 g/mol. The highest BCUT2D eigenvalue weighted by atomic mass is 35.5. The van der Waals surface area contributed by atoms with Crippen LogP contribution in [0, 0.1) is 0 Å². The Morgan fingerprint density at radius 3 is 2.80 bits per heavy atom. The van der Waals surface area contributed by atoms with Crippen LogP contribution < -0.4 is 5.32 Å². The molecular weight excluding hydrogens is 487 g/mol. The predicted octanol–water partition coefficient (Wildman–Crippen LogP) is 5.41. The zero-order valence-corrected chi connectivity index (χ0v) is 20.7. The van der Waals surface area contributed by atoms with Gasteiger partial charge in [0.05, 0.1) is 35.6 Å². The van der Waals surface area contributed by atoms with Crippen LogP contribution in [-0.2, 0) is 15.9 Å². The smallest absolute Gasteiger partial charge is 0.414 e. The molecule has 7 nitrogen and oxygen atoms in total. The van der Waals surface area contributed by atoms with E-state index in [9.17, 15) is 4.79 Å². The van der Waals surface area contributed by atoms with Gasteiger partial charge in [0.15, 0.2) is 0 Å². The van der Waals surface area contributed by atoms with Crippen LogP contribution in [0.25, 0.3) is 11.3 Å². The average Bonchev–Trinajstić information content (AvgIpc) is 2.88. The van der Waals surface area contributed by atoms with Gasteiger partial charge < -0.3 is 9.47 Å². The van der Waals surface area contributed by atoms with E-state index in [0.717, 1.165) is 73.6 Å². The predicted molar refractivity (Wildman–Crippen MR) is 136 cm³/mol. The van der Waals surface area contributed by atoms with Crippen molar-refractivity contribution in [2.45, 2.75) is 18.8 Å². The van der Waals surface area contributed by atoms with Crippen molar-refractivity contribution in [2.75, 3.05) is 44.8 Å². The van der Waals surface area contributed by atoms with Crippen molar-refractivity contribution in [3.63, 3.8) is 0 Å². The molecular formula is C26H26Cl2N4O3. The number of hydrogen-bond donors (Lipinski definition) is 1. The van der Waals surface area contributed by atoms with Crippen molar-refractivity contribution in [3.8, 4) is 11.3 Å². The standard InChI is InChI=1S/C26H26Cl2N4O3/c27-22-7-6-17(15-23(22)28)21-14-18-16-29-25(30-24(18)20-5-2-1-4-19(20)21)31-26(33)35-11-3-8-32-9-12-34-13-10-32/h1-2,4-7,15-16,21H,3,8-14H2,(H,29,30,31,33)/t21-/m0/s1. The number of ether oxygens (including phenoxy) is 2. The first-order chi connectivity index (χ1) is 17.1. The fourth-order valence-corrected chi connectivity index (χ4v) is 4.93. The number of nitrogens with zero attached hydrogens (tertiary/aromatic N) is 3. The lowest BCUT2D eigenvalue weighted by molar-refractivity contribution is 0.0348. The Hall–Kier alpha value is -2.71. The Labute approximate surface area is 214 Å². The van der Waals surface area contributed by atoms with E-state index in [4.69, 9.17) is 32.7 Å². The third kappa shape index (κ3) is 5.59. The first kappa shape index (κ1) is 24.0. The van der Waals surface area contributed by atoms with Gasteiger partial charge >= 0.3 is 6.09 Å². The second-order valence-electron chi connectivity index (χ2n) is 8.65. The van der Waals surface area contributed by atoms with E-state index in [1.54, 1.807) is 6.20 Å². The van der Waals surface area contributed by atoms with Crippen molar-refractivity contribution < 1.29 is 14.3 Å². The molecule has 0 unspecified atom stereocenters. The Morgan fingerprint density at radius 1 is 1.14 bits per heavy atom. The summed E-state index contributed by atoms with van der Waals surface area (Å²) in [5, 5.41) is 3.74. The van der Waals surface area contributed by atoms with Crippen LogP contribution in [0.1, 0.15) is 29.0 Å². The van der Waals surface area contributed by atoms with Crippen molar-refractivity contribution in [1.29, 1.82) is 0 Å². The molecule has 0 radical (unpaired) electrons. The van der Waals surface area contributed by atoms with Gasteiger partial charge in [0.1, 0.15) is 0 Å². The number of amides is 1. The minimum absolute atomic E-state index is 0.104. The second-order valence-corrected chi connectivity index (χ2v) is 9.47. The molecule has 1 saturated heterocycles. The van der Waals surface area contributed by atoms with Crippen LogP contribution in [0.15, 0.2) is 48.7 Å². The van der Waals surface area contributed by atoms with Gasteiger partial charge in [-0.05, 0) is 41.7 Å². The molecule has 1 fully saturated rings. The first-order valence-electron chi connectivity index (χ1n) is 11.7. The van der Waals surface area contributed by atoms with Crippen molar-refractivity contribution in [2.24, 2.45) is 0 Å². The zero-order valence-electron chi connectivity index (χ0n) is 19.2. The number of fused-ring (bicyclic) bond motifs is 3. The van der Waals surface area contributed by atoms with Crippen LogP contribution in [0.2, 0.25) is 10.0 Å². The van der Waals surface area contributed by atoms with Crippen LogP contribution >= 0.6 is 23.2 Å². The minimum Gasteiger partial charge on any atom is -0.449 e. The van der Waals surface area contributed by atoms with Gasteiger partial charge in [0.25, 0.3) is 0 Å². The van der Waals surface area contributed by atoms with E-state index in [2.05, 4.69) is 26.3 Å². The molecule has 1 amide bonds. The molecule has 3 aromatic rings.